The van der Waals surface area contributed by atoms with Crippen molar-refractivity contribution in [1.82, 2.24) is 0 Å². The Morgan fingerprint density at radius 2 is 2.09 bits per heavy atom. The predicted octanol–water partition coefficient (Wildman–Crippen LogP) is 2.65. The quantitative estimate of drug-likeness (QED) is 0.532. The van der Waals surface area contributed by atoms with Gasteiger partial charge in [-0.3, -0.25) is 0 Å². The number of hydrogen-bond donors (Lipinski definition) is 1. The average molecular weight is 154 g/mol. The Kier molecular flexibility index (Phi) is 3.64. The van der Waals surface area contributed by atoms with E-state index in [0.717, 1.165) is 32.1 Å². The van der Waals surface area contributed by atoms with Crippen molar-refractivity contribution >= 4 is 0 Å². The molecule has 1 aliphatic rings. The molecule has 1 unspecified atom stereocenters. The summed E-state index contributed by atoms with van der Waals surface area (Å²) in [5.41, 5.74) is 1.50. The second-order valence-corrected chi connectivity index (χ2v) is 3.53. The van der Waals surface area contributed by atoms with E-state index in [-0.39, 0.29) is 6.10 Å². The lowest BCUT2D eigenvalue weighted by molar-refractivity contribution is 0.150. The highest BCUT2D eigenvalue weighted by Crippen LogP contribution is 2.16. The molecule has 1 N–H and O–H groups in total. The van der Waals surface area contributed by atoms with Crippen LogP contribution in [0, 0.1) is 0 Å². The zero-order chi connectivity index (χ0) is 8.10. The lowest BCUT2D eigenvalue weighted by Gasteiger charge is -2.06. The zero-order valence-electron chi connectivity index (χ0n) is 7.34. The molecule has 11 heavy (non-hydrogen) atoms. The van der Waals surface area contributed by atoms with Gasteiger partial charge in [0.15, 0.2) is 0 Å². The molecule has 0 amide bonds. The molecular formula is C10H18O. The molecule has 0 spiro atoms. The molecule has 0 saturated heterocycles. The fourth-order valence-electron chi connectivity index (χ4n) is 1.56. The third-order valence-electron chi connectivity index (χ3n) is 2.34. The van der Waals surface area contributed by atoms with E-state index in [1.807, 2.05) is 0 Å². The molecule has 1 atom stereocenters. The van der Waals surface area contributed by atoms with E-state index >= 15 is 0 Å². The van der Waals surface area contributed by atoms with Gasteiger partial charge < -0.3 is 5.11 Å². The van der Waals surface area contributed by atoms with Gasteiger partial charge in [-0.1, -0.05) is 11.6 Å². The molecule has 0 radical (unpaired) electrons. The smallest absolute Gasteiger partial charge is 0.0540 e. The van der Waals surface area contributed by atoms with E-state index in [2.05, 4.69) is 13.0 Å². The van der Waals surface area contributed by atoms with E-state index in [1.165, 1.54) is 12.0 Å². The summed E-state index contributed by atoms with van der Waals surface area (Å²) in [5, 5.41) is 9.40. The summed E-state index contributed by atoms with van der Waals surface area (Å²) < 4.78 is 0. The van der Waals surface area contributed by atoms with Crippen molar-refractivity contribution in [3.63, 3.8) is 0 Å². The minimum absolute atomic E-state index is 0.0331. The molecule has 0 saturated carbocycles. The van der Waals surface area contributed by atoms with E-state index in [0.29, 0.717) is 0 Å². The Balaban J connectivity index is 2.35. The molecule has 0 aromatic rings. The van der Waals surface area contributed by atoms with Gasteiger partial charge in [0.25, 0.3) is 0 Å². The first kappa shape index (κ1) is 8.79. The van der Waals surface area contributed by atoms with Gasteiger partial charge in [-0.05, 0) is 45.4 Å². The highest BCUT2D eigenvalue weighted by atomic mass is 16.3. The first-order valence-electron chi connectivity index (χ1n) is 4.63. The van der Waals surface area contributed by atoms with Crippen LogP contribution in [0.1, 0.15) is 45.4 Å². The Morgan fingerprint density at radius 3 is 2.91 bits per heavy atom. The maximum atomic E-state index is 9.40. The highest BCUT2D eigenvalue weighted by molar-refractivity contribution is 4.98. The van der Waals surface area contributed by atoms with E-state index in [1.54, 1.807) is 0 Å². The molecule has 0 aromatic heterocycles. The number of allylic oxidation sites excluding steroid dienone is 2. The van der Waals surface area contributed by atoms with Crippen LogP contribution in [-0.4, -0.2) is 11.2 Å². The van der Waals surface area contributed by atoms with E-state index < -0.39 is 0 Å². The van der Waals surface area contributed by atoms with Gasteiger partial charge in [0.05, 0.1) is 6.10 Å². The third kappa shape index (κ3) is 3.57. The van der Waals surface area contributed by atoms with Crippen LogP contribution in [0.5, 0.6) is 0 Å². The summed E-state index contributed by atoms with van der Waals surface area (Å²) in [5.74, 6) is 0. The van der Waals surface area contributed by atoms with Gasteiger partial charge in [0.2, 0.25) is 0 Å². The number of aliphatic hydroxyl groups excluding tert-OH is 1. The monoisotopic (exact) mass is 154 g/mol. The van der Waals surface area contributed by atoms with Gasteiger partial charge in [0, 0.05) is 0 Å². The normalized spacial score (nSPS) is 32.9. The van der Waals surface area contributed by atoms with Crippen molar-refractivity contribution in [2.75, 3.05) is 0 Å². The second kappa shape index (κ2) is 4.55. The van der Waals surface area contributed by atoms with Gasteiger partial charge in [-0.2, -0.15) is 0 Å². The summed E-state index contributed by atoms with van der Waals surface area (Å²) in [7, 11) is 0. The summed E-state index contributed by atoms with van der Waals surface area (Å²) in [6.45, 7) is 2.19. The first-order chi connectivity index (χ1) is 5.29. The average Bonchev–Trinajstić information content (AvgIpc) is 2.04. The summed E-state index contributed by atoms with van der Waals surface area (Å²) in [6, 6.07) is 0. The molecule has 0 aromatic carbocycles. The molecule has 0 bridgehead atoms. The topological polar surface area (TPSA) is 20.2 Å². The minimum atomic E-state index is -0.0331. The summed E-state index contributed by atoms with van der Waals surface area (Å²) in [6.07, 6.45) is 8.91. The first-order valence-corrected chi connectivity index (χ1v) is 4.63. The highest BCUT2D eigenvalue weighted by Gasteiger charge is 2.05. The lowest BCUT2D eigenvalue weighted by Crippen LogP contribution is -2.04. The van der Waals surface area contributed by atoms with Gasteiger partial charge in [-0.15, -0.1) is 0 Å². The molecule has 1 nitrogen and oxygen atoms in total. The van der Waals surface area contributed by atoms with E-state index in [9.17, 15) is 5.11 Å². The molecule has 0 fully saturated rings. The van der Waals surface area contributed by atoms with Crippen molar-refractivity contribution in [3.8, 4) is 0 Å². The van der Waals surface area contributed by atoms with E-state index in [4.69, 9.17) is 0 Å². The standard InChI is InChI=1S/C10H18O/c1-9-5-2-3-7-10(11)8-4-6-9/h5,10-11H,2-4,6-8H2,1H3/b9-5-. The van der Waals surface area contributed by atoms with Crippen molar-refractivity contribution < 1.29 is 5.11 Å². The van der Waals surface area contributed by atoms with Crippen LogP contribution >= 0.6 is 0 Å². The maximum absolute atomic E-state index is 9.40. The van der Waals surface area contributed by atoms with Gasteiger partial charge >= 0.3 is 0 Å². The number of hydrogen-bond acceptors (Lipinski definition) is 1. The van der Waals surface area contributed by atoms with Crippen LogP contribution in [0.25, 0.3) is 0 Å². The minimum Gasteiger partial charge on any atom is -0.393 e. The fourth-order valence-corrected chi connectivity index (χ4v) is 1.56. The fraction of sp³-hybridized carbons (Fsp3) is 0.800. The Hall–Kier alpha value is -0.300. The SMILES string of the molecule is C/C1=C/CCCC(O)CCC1. The third-order valence-corrected chi connectivity index (χ3v) is 2.34. The van der Waals surface area contributed by atoms with Crippen LogP contribution in [0.4, 0.5) is 0 Å². The Labute approximate surface area is 69.1 Å². The molecule has 64 valence electrons. The number of rotatable bonds is 0. The molecule has 0 heterocycles. The number of aliphatic hydroxyl groups is 1. The second-order valence-electron chi connectivity index (χ2n) is 3.53. The Bertz CT molecular complexity index is 138. The van der Waals surface area contributed by atoms with Crippen LogP contribution < -0.4 is 0 Å². The zero-order valence-corrected chi connectivity index (χ0v) is 7.34. The Morgan fingerprint density at radius 1 is 1.36 bits per heavy atom. The van der Waals surface area contributed by atoms with Crippen LogP contribution in [0.2, 0.25) is 0 Å². The maximum Gasteiger partial charge on any atom is 0.0540 e. The van der Waals surface area contributed by atoms with Crippen LogP contribution in [-0.2, 0) is 0 Å². The molecule has 1 aliphatic carbocycles. The molecule has 1 rings (SSSR count). The van der Waals surface area contributed by atoms with Crippen LogP contribution in [0.3, 0.4) is 0 Å². The summed E-state index contributed by atoms with van der Waals surface area (Å²) >= 11 is 0. The van der Waals surface area contributed by atoms with Gasteiger partial charge in [-0.25, -0.2) is 0 Å². The lowest BCUT2D eigenvalue weighted by atomic mass is 10.1. The van der Waals surface area contributed by atoms with Crippen molar-refractivity contribution in [2.45, 2.75) is 51.6 Å². The molecular weight excluding hydrogens is 136 g/mol. The van der Waals surface area contributed by atoms with Crippen molar-refractivity contribution in [2.24, 2.45) is 0 Å². The molecule has 0 aliphatic heterocycles. The molecule has 1 heteroatoms. The van der Waals surface area contributed by atoms with Crippen molar-refractivity contribution in [3.05, 3.63) is 11.6 Å². The summed E-state index contributed by atoms with van der Waals surface area (Å²) in [4.78, 5) is 0. The van der Waals surface area contributed by atoms with Crippen molar-refractivity contribution in [1.29, 1.82) is 0 Å². The predicted molar refractivity (Wildman–Crippen MR) is 47.5 cm³/mol. The van der Waals surface area contributed by atoms with Gasteiger partial charge in [0.1, 0.15) is 0 Å². The van der Waals surface area contributed by atoms with Crippen LogP contribution in [0.15, 0.2) is 11.6 Å². The largest absolute Gasteiger partial charge is 0.393 e.